The van der Waals surface area contributed by atoms with E-state index in [9.17, 15) is 9.59 Å². The second-order valence-electron chi connectivity index (χ2n) is 6.93. The van der Waals surface area contributed by atoms with E-state index in [-0.39, 0.29) is 30.4 Å². The lowest BCUT2D eigenvalue weighted by molar-refractivity contribution is -0.122. The third kappa shape index (κ3) is 3.67. The fraction of sp³-hybridized carbons (Fsp3) is 0.389. The number of benzene rings is 1. The van der Waals surface area contributed by atoms with Crippen LogP contribution in [0.1, 0.15) is 29.6 Å². The fourth-order valence-electron chi connectivity index (χ4n) is 3.70. The maximum atomic E-state index is 12.7. The van der Waals surface area contributed by atoms with E-state index in [0.717, 1.165) is 30.2 Å². The molecule has 4 rings (SSSR count). The number of carbonyl (C=O) groups excluding carboxylic acids is 2. The Morgan fingerprint density at radius 2 is 1.96 bits per heavy atom. The van der Waals surface area contributed by atoms with Gasteiger partial charge in [-0.2, -0.15) is 0 Å². The molecular formula is C18H21N7O2. The SMILES string of the molecule is Cn1cc(C(=O)N[C@@H]2CC[C@H](NC(=O)Cn3cnnn3)C2)c2ccccc21. The average Bonchev–Trinajstić information content (AvgIpc) is 3.37. The number of tetrazole rings is 1. The summed E-state index contributed by atoms with van der Waals surface area (Å²) >= 11 is 0. The lowest BCUT2D eigenvalue weighted by Gasteiger charge is -2.14. The highest BCUT2D eigenvalue weighted by molar-refractivity contribution is 6.07. The minimum absolute atomic E-state index is 0.0480. The number of hydrogen-bond donors (Lipinski definition) is 2. The molecule has 9 heteroatoms. The quantitative estimate of drug-likeness (QED) is 0.688. The molecule has 1 fully saturated rings. The number of amides is 2. The third-order valence-corrected chi connectivity index (χ3v) is 4.97. The van der Waals surface area contributed by atoms with Gasteiger partial charge < -0.3 is 15.2 Å². The first kappa shape index (κ1) is 17.2. The van der Waals surface area contributed by atoms with Crippen molar-refractivity contribution < 1.29 is 9.59 Å². The maximum Gasteiger partial charge on any atom is 0.253 e. The summed E-state index contributed by atoms with van der Waals surface area (Å²) in [6, 6.07) is 7.95. The largest absolute Gasteiger partial charge is 0.352 e. The molecule has 2 amide bonds. The van der Waals surface area contributed by atoms with Crippen molar-refractivity contribution in [3.05, 3.63) is 42.4 Å². The van der Waals surface area contributed by atoms with E-state index in [2.05, 4.69) is 26.2 Å². The molecule has 2 atom stereocenters. The Morgan fingerprint density at radius 1 is 1.19 bits per heavy atom. The van der Waals surface area contributed by atoms with Crippen LogP contribution in [0.5, 0.6) is 0 Å². The van der Waals surface area contributed by atoms with Gasteiger partial charge in [0.25, 0.3) is 5.91 Å². The topological polar surface area (TPSA) is 107 Å². The van der Waals surface area contributed by atoms with Gasteiger partial charge in [-0.3, -0.25) is 9.59 Å². The molecule has 0 saturated heterocycles. The highest BCUT2D eigenvalue weighted by atomic mass is 16.2. The molecule has 2 aromatic heterocycles. The van der Waals surface area contributed by atoms with E-state index >= 15 is 0 Å². The van der Waals surface area contributed by atoms with Crippen LogP contribution >= 0.6 is 0 Å². The van der Waals surface area contributed by atoms with Gasteiger partial charge in [-0.15, -0.1) is 5.10 Å². The highest BCUT2D eigenvalue weighted by Gasteiger charge is 2.28. The number of fused-ring (bicyclic) bond motifs is 1. The van der Waals surface area contributed by atoms with Crippen LogP contribution in [0.4, 0.5) is 0 Å². The highest BCUT2D eigenvalue weighted by Crippen LogP contribution is 2.23. The number of aromatic nitrogens is 5. The van der Waals surface area contributed by atoms with Gasteiger partial charge >= 0.3 is 0 Å². The molecule has 0 bridgehead atoms. The molecule has 1 aliphatic carbocycles. The summed E-state index contributed by atoms with van der Waals surface area (Å²) in [5.74, 6) is -0.203. The van der Waals surface area contributed by atoms with Crippen LogP contribution < -0.4 is 10.6 Å². The van der Waals surface area contributed by atoms with Crippen molar-refractivity contribution in [1.82, 2.24) is 35.4 Å². The van der Waals surface area contributed by atoms with Gasteiger partial charge in [-0.25, -0.2) is 4.68 Å². The Hall–Kier alpha value is -3.23. The molecule has 0 unspecified atom stereocenters. The number of rotatable bonds is 5. The average molecular weight is 367 g/mol. The van der Waals surface area contributed by atoms with Gasteiger partial charge in [0.2, 0.25) is 5.91 Å². The van der Waals surface area contributed by atoms with Crippen molar-refractivity contribution in [1.29, 1.82) is 0 Å². The fourth-order valence-corrected chi connectivity index (χ4v) is 3.70. The second-order valence-corrected chi connectivity index (χ2v) is 6.93. The second kappa shape index (κ2) is 7.18. The van der Waals surface area contributed by atoms with Crippen LogP contribution in [0.15, 0.2) is 36.8 Å². The van der Waals surface area contributed by atoms with Crippen molar-refractivity contribution in [2.45, 2.75) is 37.9 Å². The summed E-state index contributed by atoms with van der Waals surface area (Å²) in [4.78, 5) is 24.8. The summed E-state index contributed by atoms with van der Waals surface area (Å²) in [5, 5.41) is 17.7. The lowest BCUT2D eigenvalue weighted by Crippen LogP contribution is -2.38. The lowest BCUT2D eigenvalue weighted by atomic mass is 10.1. The zero-order valence-electron chi connectivity index (χ0n) is 15.0. The first-order valence-electron chi connectivity index (χ1n) is 8.95. The molecule has 1 saturated carbocycles. The molecule has 9 nitrogen and oxygen atoms in total. The molecule has 0 aliphatic heterocycles. The van der Waals surface area contributed by atoms with Crippen molar-refractivity contribution in [2.24, 2.45) is 7.05 Å². The number of hydrogen-bond acceptors (Lipinski definition) is 5. The number of carbonyl (C=O) groups is 2. The van der Waals surface area contributed by atoms with Crippen molar-refractivity contribution in [3.63, 3.8) is 0 Å². The predicted octanol–water partition coefficient (Wildman–Crippen LogP) is 0.632. The first-order valence-corrected chi connectivity index (χ1v) is 8.95. The van der Waals surface area contributed by atoms with E-state index < -0.39 is 0 Å². The molecular weight excluding hydrogens is 346 g/mol. The summed E-state index contributed by atoms with van der Waals surface area (Å²) in [5.41, 5.74) is 1.71. The Kier molecular flexibility index (Phi) is 4.57. The summed E-state index contributed by atoms with van der Waals surface area (Å²) in [7, 11) is 1.94. The first-order chi connectivity index (χ1) is 13.1. The molecule has 140 valence electrons. The van der Waals surface area contributed by atoms with Gasteiger partial charge in [0.15, 0.2) is 0 Å². The molecule has 27 heavy (non-hydrogen) atoms. The standard InChI is InChI=1S/C18H21N7O2/c1-24-9-15(14-4-2-3-5-16(14)24)18(27)21-13-7-6-12(8-13)20-17(26)10-25-11-19-22-23-25/h2-5,9,11-13H,6-8,10H2,1H3,(H,20,26)(H,21,27)/t12-,13+/m0/s1. The number of para-hydroxylation sites is 1. The zero-order valence-corrected chi connectivity index (χ0v) is 15.0. The molecule has 1 aliphatic rings. The van der Waals surface area contributed by atoms with Gasteiger partial charge in [-0.05, 0) is 35.8 Å². The minimum Gasteiger partial charge on any atom is -0.352 e. The van der Waals surface area contributed by atoms with E-state index in [4.69, 9.17) is 0 Å². The van der Waals surface area contributed by atoms with Gasteiger partial charge in [0.1, 0.15) is 12.9 Å². The summed E-state index contributed by atoms with van der Waals surface area (Å²) in [6.07, 6.45) is 5.66. The number of nitrogens with one attached hydrogen (secondary N) is 2. The Morgan fingerprint density at radius 3 is 2.74 bits per heavy atom. The molecule has 2 N–H and O–H groups in total. The van der Waals surface area contributed by atoms with Gasteiger partial charge in [0.05, 0.1) is 5.56 Å². The minimum atomic E-state index is -0.131. The molecule has 2 heterocycles. The summed E-state index contributed by atoms with van der Waals surface area (Å²) < 4.78 is 3.34. The summed E-state index contributed by atoms with van der Waals surface area (Å²) in [6.45, 7) is 0.0938. The van der Waals surface area contributed by atoms with Crippen LogP contribution in [0.3, 0.4) is 0 Å². The van der Waals surface area contributed by atoms with Crippen molar-refractivity contribution >= 4 is 22.7 Å². The van der Waals surface area contributed by atoms with Gasteiger partial charge in [0, 0.05) is 36.2 Å². The maximum absolute atomic E-state index is 12.7. The van der Waals surface area contributed by atoms with E-state index in [1.807, 2.05) is 42.1 Å². The monoisotopic (exact) mass is 367 g/mol. The van der Waals surface area contributed by atoms with Crippen LogP contribution in [-0.2, 0) is 18.4 Å². The molecule has 3 aromatic rings. The molecule has 1 aromatic carbocycles. The molecule has 0 spiro atoms. The van der Waals surface area contributed by atoms with Crippen LogP contribution in [0.2, 0.25) is 0 Å². The normalized spacial score (nSPS) is 19.3. The number of nitrogens with zero attached hydrogens (tertiary/aromatic N) is 5. The van der Waals surface area contributed by atoms with Gasteiger partial charge in [-0.1, -0.05) is 18.2 Å². The number of aryl methyl sites for hydroxylation is 1. The van der Waals surface area contributed by atoms with Crippen molar-refractivity contribution in [2.75, 3.05) is 0 Å². The Bertz CT molecular complexity index is 963. The van der Waals surface area contributed by atoms with E-state index in [1.165, 1.54) is 11.0 Å². The van der Waals surface area contributed by atoms with E-state index in [0.29, 0.717) is 5.56 Å². The zero-order chi connectivity index (χ0) is 18.8. The van der Waals surface area contributed by atoms with E-state index in [1.54, 1.807) is 0 Å². The molecule has 0 radical (unpaired) electrons. The predicted molar refractivity (Wildman–Crippen MR) is 97.8 cm³/mol. The van der Waals surface area contributed by atoms with Crippen LogP contribution in [-0.4, -0.2) is 48.7 Å². The van der Waals surface area contributed by atoms with Crippen LogP contribution in [0, 0.1) is 0 Å². The van der Waals surface area contributed by atoms with Crippen molar-refractivity contribution in [3.8, 4) is 0 Å². The Balaban J connectivity index is 1.34. The third-order valence-electron chi connectivity index (χ3n) is 4.97. The van der Waals surface area contributed by atoms with Crippen LogP contribution in [0.25, 0.3) is 10.9 Å². The Labute approximate surface area is 155 Å². The smallest absolute Gasteiger partial charge is 0.253 e.